The van der Waals surface area contributed by atoms with E-state index < -0.39 is 12.6 Å². The van der Waals surface area contributed by atoms with Crippen molar-refractivity contribution in [1.82, 2.24) is 0 Å². The van der Waals surface area contributed by atoms with Crippen molar-refractivity contribution in [3.63, 3.8) is 0 Å². The Balaban J connectivity index is 0. The molecule has 1 radical (unpaired) electrons. The molecule has 0 fully saturated rings. The maximum atomic E-state index is 9.94. The molecule has 0 aliphatic rings. The van der Waals surface area contributed by atoms with E-state index in [1.807, 2.05) is 0 Å². The van der Waals surface area contributed by atoms with Crippen LogP contribution in [0.5, 0.6) is 0 Å². The van der Waals surface area contributed by atoms with Gasteiger partial charge in [0.25, 0.3) is 0 Å². The molecule has 0 amide bonds. The monoisotopic (exact) mass is 159 g/mol. The Bertz CT molecular complexity index is 64.3. The van der Waals surface area contributed by atoms with Crippen LogP contribution in [0, 0.1) is 0 Å². The van der Waals surface area contributed by atoms with Gasteiger partial charge in [-0.25, -0.2) is 4.79 Å². The molecular weight excluding hydrogens is 151 g/mol. The van der Waals surface area contributed by atoms with Crippen molar-refractivity contribution in [1.29, 1.82) is 0 Å². The normalized spacial score (nSPS) is 7.25. The van der Waals surface area contributed by atoms with Crippen LogP contribution < -0.4 is 0 Å². The van der Waals surface area contributed by atoms with Gasteiger partial charge in [0.1, 0.15) is 6.61 Å². The summed E-state index contributed by atoms with van der Waals surface area (Å²) in [5.74, 6) is -0.567. The van der Waals surface area contributed by atoms with Gasteiger partial charge in [0.15, 0.2) is 0 Å². The SMILES string of the molecule is CCOC(=O)CO.[Mn]. The Labute approximate surface area is 58.5 Å². The first-order chi connectivity index (χ1) is 3.31. The van der Waals surface area contributed by atoms with Crippen LogP contribution >= 0.6 is 0 Å². The molecule has 0 aromatic rings. The van der Waals surface area contributed by atoms with Crippen LogP contribution in [-0.4, -0.2) is 24.3 Å². The van der Waals surface area contributed by atoms with Gasteiger partial charge in [-0.05, 0) is 6.92 Å². The Hall–Kier alpha value is -0.0505. The van der Waals surface area contributed by atoms with Gasteiger partial charge in [-0.3, -0.25) is 0 Å². The van der Waals surface area contributed by atoms with E-state index in [0.29, 0.717) is 6.61 Å². The van der Waals surface area contributed by atoms with Gasteiger partial charge in [-0.15, -0.1) is 0 Å². The molecule has 8 heavy (non-hydrogen) atoms. The Kier molecular flexibility index (Phi) is 9.42. The quantitative estimate of drug-likeness (QED) is 0.438. The summed E-state index contributed by atoms with van der Waals surface area (Å²) in [5, 5.41) is 7.99. The van der Waals surface area contributed by atoms with E-state index in [-0.39, 0.29) is 17.1 Å². The maximum Gasteiger partial charge on any atom is 0.331 e. The first kappa shape index (κ1) is 10.8. The summed E-state index contributed by atoms with van der Waals surface area (Å²) < 4.78 is 4.30. The minimum Gasteiger partial charge on any atom is -0.464 e. The smallest absolute Gasteiger partial charge is 0.331 e. The van der Waals surface area contributed by atoms with E-state index in [1.54, 1.807) is 6.92 Å². The average Bonchev–Trinajstić information content (AvgIpc) is 1.68. The minimum atomic E-state index is -0.567. The van der Waals surface area contributed by atoms with Crippen molar-refractivity contribution >= 4 is 5.97 Å². The van der Waals surface area contributed by atoms with Gasteiger partial charge in [-0.1, -0.05) is 0 Å². The van der Waals surface area contributed by atoms with Crippen LogP contribution in [0.2, 0.25) is 0 Å². The zero-order chi connectivity index (χ0) is 5.70. The molecule has 1 N–H and O–H groups in total. The van der Waals surface area contributed by atoms with Gasteiger partial charge in [0.2, 0.25) is 0 Å². The summed E-state index contributed by atoms with van der Waals surface area (Å²) in [6.45, 7) is 1.50. The number of hydrogen-bond donors (Lipinski definition) is 1. The topological polar surface area (TPSA) is 46.5 Å². The van der Waals surface area contributed by atoms with Crippen LogP contribution in [-0.2, 0) is 26.6 Å². The summed E-state index contributed by atoms with van der Waals surface area (Å²) in [6.07, 6.45) is 0. The van der Waals surface area contributed by atoms with E-state index in [2.05, 4.69) is 4.74 Å². The molecule has 4 heteroatoms. The Morgan fingerprint density at radius 3 is 2.38 bits per heavy atom. The molecule has 0 heterocycles. The van der Waals surface area contributed by atoms with Crippen molar-refractivity contribution < 1.29 is 31.7 Å². The third kappa shape index (κ3) is 5.95. The van der Waals surface area contributed by atoms with Crippen molar-refractivity contribution in [2.75, 3.05) is 13.2 Å². The summed E-state index contributed by atoms with van der Waals surface area (Å²) in [5.41, 5.74) is 0. The van der Waals surface area contributed by atoms with Crippen LogP contribution in [0.3, 0.4) is 0 Å². The third-order valence-electron chi connectivity index (χ3n) is 0.434. The molecule has 0 rings (SSSR count). The fraction of sp³-hybridized carbons (Fsp3) is 0.750. The van der Waals surface area contributed by atoms with E-state index in [1.165, 1.54) is 0 Å². The van der Waals surface area contributed by atoms with Gasteiger partial charge in [0, 0.05) is 17.1 Å². The van der Waals surface area contributed by atoms with E-state index in [4.69, 9.17) is 5.11 Å². The zero-order valence-corrected chi connectivity index (χ0v) is 5.74. The third-order valence-corrected chi connectivity index (χ3v) is 0.434. The van der Waals surface area contributed by atoms with Crippen molar-refractivity contribution in [2.45, 2.75) is 6.92 Å². The predicted molar refractivity (Wildman–Crippen MR) is 23.7 cm³/mol. The number of carbonyl (C=O) groups is 1. The van der Waals surface area contributed by atoms with Crippen LogP contribution in [0.15, 0.2) is 0 Å². The van der Waals surface area contributed by atoms with Crippen molar-refractivity contribution in [2.24, 2.45) is 0 Å². The number of aliphatic hydroxyl groups is 1. The molecule has 0 aromatic carbocycles. The minimum absolute atomic E-state index is 0. The molecule has 3 nitrogen and oxygen atoms in total. The van der Waals surface area contributed by atoms with Gasteiger partial charge >= 0.3 is 5.97 Å². The number of ether oxygens (including phenoxy) is 1. The number of hydrogen-bond acceptors (Lipinski definition) is 3. The molecule has 0 saturated carbocycles. The summed E-state index contributed by atoms with van der Waals surface area (Å²) in [7, 11) is 0. The number of esters is 1. The predicted octanol–water partition coefficient (Wildman–Crippen LogP) is -0.461. The van der Waals surface area contributed by atoms with Gasteiger partial charge in [-0.2, -0.15) is 0 Å². The molecule has 0 bridgehead atoms. The van der Waals surface area contributed by atoms with E-state index in [9.17, 15) is 4.79 Å². The summed E-state index contributed by atoms with van der Waals surface area (Å²) in [6, 6.07) is 0. The largest absolute Gasteiger partial charge is 0.464 e. The molecular formula is C4H8MnO3. The second-order valence-electron chi connectivity index (χ2n) is 0.963. The van der Waals surface area contributed by atoms with Crippen LogP contribution in [0.1, 0.15) is 6.92 Å². The molecule has 0 aliphatic carbocycles. The first-order valence-electron chi connectivity index (χ1n) is 2.07. The second kappa shape index (κ2) is 6.95. The maximum absolute atomic E-state index is 9.94. The summed E-state index contributed by atoms with van der Waals surface area (Å²) >= 11 is 0. The Morgan fingerprint density at radius 1 is 1.75 bits per heavy atom. The molecule has 0 spiro atoms. The average molecular weight is 159 g/mol. The summed E-state index contributed by atoms with van der Waals surface area (Å²) in [4.78, 5) is 9.94. The number of aliphatic hydroxyl groups excluding tert-OH is 1. The van der Waals surface area contributed by atoms with Crippen molar-refractivity contribution in [3.05, 3.63) is 0 Å². The fourth-order valence-corrected chi connectivity index (χ4v) is 0.207. The molecule has 0 aliphatic heterocycles. The van der Waals surface area contributed by atoms with E-state index >= 15 is 0 Å². The molecule has 0 atom stereocenters. The zero-order valence-electron chi connectivity index (χ0n) is 4.56. The first-order valence-corrected chi connectivity index (χ1v) is 2.07. The molecule has 0 saturated heterocycles. The van der Waals surface area contributed by atoms with Gasteiger partial charge in [0.05, 0.1) is 6.61 Å². The van der Waals surface area contributed by atoms with Crippen LogP contribution in [0.4, 0.5) is 0 Å². The Morgan fingerprint density at radius 2 is 2.25 bits per heavy atom. The van der Waals surface area contributed by atoms with Crippen molar-refractivity contribution in [3.8, 4) is 0 Å². The fourth-order valence-electron chi connectivity index (χ4n) is 0.207. The van der Waals surface area contributed by atoms with Gasteiger partial charge < -0.3 is 9.84 Å². The number of rotatable bonds is 2. The second-order valence-corrected chi connectivity index (χ2v) is 0.963. The standard InChI is InChI=1S/C4H8O3.Mn/c1-2-7-4(6)3-5;/h5H,2-3H2,1H3;. The molecule has 49 valence electrons. The molecule has 0 aromatic heterocycles. The van der Waals surface area contributed by atoms with E-state index in [0.717, 1.165) is 0 Å². The number of carbonyl (C=O) groups excluding carboxylic acids is 1. The van der Waals surface area contributed by atoms with Crippen LogP contribution in [0.25, 0.3) is 0 Å². The molecule has 0 unspecified atom stereocenters.